The Labute approximate surface area is 384 Å². The van der Waals surface area contributed by atoms with E-state index in [1.54, 1.807) is 17.8 Å². The minimum absolute atomic E-state index is 0.00897. The average Bonchev–Trinajstić information content (AvgIpc) is 3.70. The maximum absolute atomic E-state index is 18.0. The molecular weight excluding hydrogens is 825 g/mol. The van der Waals surface area contributed by atoms with Crippen LogP contribution in [0.1, 0.15) is 166 Å². The van der Waals surface area contributed by atoms with Crippen LogP contribution >= 0.6 is 23.1 Å². The molecule has 336 valence electrons. The predicted molar refractivity (Wildman–Crippen MR) is 265 cm³/mol. The van der Waals surface area contributed by atoms with Gasteiger partial charge in [-0.05, 0) is 111 Å². The monoisotopic (exact) mass is 892 g/mol. The molecule has 0 fully saturated rings. The molecule has 3 aromatic carbocycles. The molecule has 0 N–H and O–H groups in total. The molecule has 63 heavy (non-hydrogen) atoms. The average molecular weight is 893 g/mol. The van der Waals surface area contributed by atoms with Gasteiger partial charge in [0.2, 0.25) is 0 Å². The predicted octanol–water partition coefficient (Wildman–Crippen LogP) is 18.4. The Morgan fingerprint density at radius 2 is 1.14 bits per heavy atom. The highest BCUT2D eigenvalue weighted by atomic mass is 32.2. The van der Waals surface area contributed by atoms with E-state index in [1.165, 1.54) is 23.8 Å². The summed E-state index contributed by atoms with van der Waals surface area (Å²) in [6.07, 6.45) is 7.49. The molecule has 0 nitrogen and oxygen atoms in total. The van der Waals surface area contributed by atoms with Gasteiger partial charge in [0.15, 0.2) is 0 Å². The van der Waals surface area contributed by atoms with Gasteiger partial charge in [-0.3, -0.25) is 0 Å². The number of allylic oxidation sites excluding steroid dienone is 7. The first-order valence-corrected chi connectivity index (χ1v) is 24.6. The second-order valence-corrected chi connectivity index (χ2v) is 24.9. The Kier molecular flexibility index (Phi) is 12.3. The van der Waals surface area contributed by atoms with Crippen molar-refractivity contribution in [1.29, 1.82) is 0 Å². The molecule has 1 aromatic heterocycles. The molecule has 0 bridgehead atoms. The van der Waals surface area contributed by atoms with Crippen molar-refractivity contribution < 1.29 is 17.6 Å². The van der Waals surface area contributed by atoms with Crippen LogP contribution in [0, 0.1) is 16.7 Å². The first-order chi connectivity index (χ1) is 29.1. The standard InChI is InChI=1S/C57H68F4S2/c1-15-55(14)56(58,59)47(43-32-33-45(35-16-24-39(25-17-35)51(2,3)4)62-49(43)37-20-28-41(29-21-37)53(8,9)10)48(57(55,60)61)44-34-46(36-18-26-40(27-19-36)52(5,6)7)63-50(44)38-22-30-42(31-23-38)54(11,12)13/h16-30,34,42,45H,15,31-33H2,1-14H3. The van der Waals surface area contributed by atoms with E-state index in [0.29, 0.717) is 21.8 Å². The molecule has 0 radical (unpaired) electrons. The van der Waals surface area contributed by atoms with Crippen molar-refractivity contribution in [3.63, 3.8) is 0 Å². The molecule has 7 rings (SSSR count). The summed E-state index contributed by atoms with van der Waals surface area (Å²) in [6, 6.07) is 26.9. The third-order valence-electron chi connectivity index (χ3n) is 14.1. The molecule has 2 aliphatic carbocycles. The number of rotatable bonds is 7. The lowest BCUT2D eigenvalue weighted by Gasteiger charge is -2.37. The fourth-order valence-corrected chi connectivity index (χ4v) is 12.0. The fourth-order valence-electron chi connectivity index (χ4n) is 9.35. The zero-order chi connectivity index (χ0) is 46.3. The van der Waals surface area contributed by atoms with Gasteiger partial charge in [0, 0.05) is 36.6 Å². The van der Waals surface area contributed by atoms with Gasteiger partial charge >= 0.3 is 0 Å². The van der Waals surface area contributed by atoms with Crippen molar-refractivity contribution in [1.82, 2.24) is 0 Å². The number of thiophene rings is 1. The van der Waals surface area contributed by atoms with Crippen LogP contribution in [0.2, 0.25) is 0 Å². The van der Waals surface area contributed by atoms with Crippen molar-refractivity contribution in [2.24, 2.45) is 16.7 Å². The molecule has 0 saturated heterocycles. The summed E-state index contributed by atoms with van der Waals surface area (Å²) in [6.45, 7) is 28.7. The smallest absolute Gasteiger partial charge is 0.200 e. The maximum Gasteiger partial charge on any atom is 0.285 e. The van der Waals surface area contributed by atoms with Crippen LogP contribution in [0.15, 0.2) is 108 Å². The number of benzene rings is 3. The summed E-state index contributed by atoms with van der Waals surface area (Å²) < 4.78 is 72.0. The Hall–Kier alpha value is -3.61. The van der Waals surface area contributed by atoms with Gasteiger partial charge in [0.05, 0.1) is 0 Å². The van der Waals surface area contributed by atoms with E-state index in [2.05, 4.69) is 144 Å². The number of hydrogen-bond acceptors (Lipinski definition) is 2. The normalized spacial score (nSPS) is 23.1. The van der Waals surface area contributed by atoms with Crippen molar-refractivity contribution in [3.05, 3.63) is 146 Å². The second kappa shape index (κ2) is 16.4. The Morgan fingerprint density at radius 1 is 0.651 bits per heavy atom. The summed E-state index contributed by atoms with van der Waals surface area (Å²) in [7, 11) is 0. The van der Waals surface area contributed by atoms with Crippen LogP contribution < -0.4 is 0 Å². The molecule has 3 aliphatic rings. The maximum atomic E-state index is 18.0. The first kappa shape index (κ1) is 47.4. The third kappa shape index (κ3) is 8.66. The number of halogens is 4. The van der Waals surface area contributed by atoms with Crippen molar-refractivity contribution in [3.8, 4) is 10.4 Å². The van der Waals surface area contributed by atoms with E-state index in [1.807, 2.05) is 30.3 Å². The highest BCUT2D eigenvalue weighted by Gasteiger charge is 2.74. The molecule has 0 spiro atoms. The Balaban J connectivity index is 1.51. The number of alkyl halides is 4. The van der Waals surface area contributed by atoms with Gasteiger partial charge < -0.3 is 0 Å². The highest BCUT2D eigenvalue weighted by molar-refractivity contribution is 8.08. The van der Waals surface area contributed by atoms with Crippen LogP contribution in [0.25, 0.3) is 26.5 Å². The summed E-state index contributed by atoms with van der Waals surface area (Å²) in [5, 5.41) is -0.0371. The van der Waals surface area contributed by atoms with E-state index in [-0.39, 0.29) is 44.8 Å². The largest absolute Gasteiger partial charge is 0.285 e. The number of thioether (sulfide) groups is 1. The Morgan fingerprint density at radius 3 is 1.60 bits per heavy atom. The van der Waals surface area contributed by atoms with Gasteiger partial charge in [-0.2, -0.15) is 0 Å². The van der Waals surface area contributed by atoms with Crippen molar-refractivity contribution >= 4 is 39.2 Å². The summed E-state index contributed by atoms with van der Waals surface area (Å²) in [5.74, 6) is -7.43. The molecule has 2 heterocycles. The molecule has 3 unspecified atom stereocenters. The molecule has 3 atom stereocenters. The quantitative estimate of drug-likeness (QED) is 0.167. The Bertz CT molecular complexity index is 2460. The van der Waals surface area contributed by atoms with Gasteiger partial charge in [-0.15, -0.1) is 23.1 Å². The SMILES string of the molecule is CCC1(C)C(F)(F)C(C2=C(c3ccc(C(C)(C)C)cc3)SC(c3ccc(C(C)(C)C)cc3)CC2)=C(c2cc(-c3ccc(C(C)(C)C)cc3)sc2C2=CCC(C(C)(C)C)C=C2)C1(F)F. The first-order valence-electron chi connectivity index (χ1n) is 22.9. The topological polar surface area (TPSA) is 0 Å². The third-order valence-corrected chi connectivity index (χ3v) is 16.9. The van der Waals surface area contributed by atoms with Crippen LogP contribution in [-0.4, -0.2) is 11.8 Å². The summed E-state index contributed by atoms with van der Waals surface area (Å²) in [4.78, 5) is 2.07. The van der Waals surface area contributed by atoms with Crippen LogP contribution in [0.3, 0.4) is 0 Å². The summed E-state index contributed by atoms with van der Waals surface area (Å²) in [5.41, 5.74) is 3.80. The zero-order valence-electron chi connectivity index (χ0n) is 40.0. The van der Waals surface area contributed by atoms with E-state index in [0.717, 1.165) is 51.6 Å². The minimum atomic E-state index is -3.85. The second-order valence-electron chi connectivity index (χ2n) is 22.6. The lowest BCUT2D eigenvalue weighted by Crippen LogP contribution is -2.47. The minimum Gasteiger partial charge on any atom is -0.200 e. The van der Waals surface area contributed by atoms with Crippen LogP contribution in [-0.2, 0) is 16.2 Å². The molecule has 6 heteroatoms. The van der Waals surface area contributed by atoms with E-state index in [4.69, 9.17) is 0 Å². The number of hydrogen-bond donors (Lipinski definition) is 0. The van der Waals surface area contributed by atoms with Gasteiger partial charge in [0.1, 0.15) is 5.41 Å². The lowest BCUT2D eigenvalue weighted by molar-refractivity contribution is -0.170. The van der Waals surface area contributed by atoms with E-state index < -0.39 is 34.8 Å². The summed E-state index contributed by atoms with van der Waals surface area (Å²) >= 11 is 2.99. The molecule has 1 aliphatic heterocycles. The molecular formula is C57H68F4S2. The molecule has 4 aromatic rings. The molecule has 0 saturated carbocycles. The van der Waals surface area contributed by atoms with E-state index >= 15 is 17.6 Å². The highest BCUT2D eigenvalue weighted by Crippen LogP contribution is 2.70. The van der Waals surface area contributed by atoms with Crippen LogP contribution in [0.5, 0.6) is 0 Å². The van der Waals surface area contributed by atoms with Gasteiger partial charge in [-0.1, -0.05) is 181 Å². The van der Waals surface area contributed by atoms with Crippen molar-refractivity contribution in [2.45, 2.75) is 156 Å². The fraction of sp³-hybridized carbons (Fsp3) is 0.474. The zero-order valence-corrected chi connectivity index (χ0v) is 41.7. The van der Waals surface area contributed by atoms with E-state index in [9.17, 15) is 0 Å². The molecule has 0 amide bonds. The van der Waals surface area contributed by atoms with Gasteiger partial charge in [-0.25, -0.2) is 17.6 Å². The lowest BCUT2D eigenvalue weighted by atomic mass is 9.75. The van der Waals surface area contributed by atoms with Crippen molar-refractivity contribution in [2.75, 3.05) is 0 Å². The van der Waals surface area contributed by atoms with Gasteiger partial charge in [0.25, 0.3) is 11.8 Å². The van der Waals surface area contributed by atoms with Crippen LogP contribution in [0.4, 0.5) is 17.6 Å².